The van der Waals surface area contributed by atoms with E-state index in [0.29, 0.717) is 34.5 Å². The van der Waals surface area contributed by atoms with E-state index in [0.717, 1.165) is 86.7 Å². The Morgan fingerprint density at radius 2 is 1.63 bits per heavy atom. The van der Waals surface area contributed by atoms with Gasteiger partial charge >= 0.3 is 11.9 Å². The van der Waals surface area contributed by atoms with Crippen molar-refractivity contribution in [3.05, 3.63) is 90.1 Å². The van der Waals surface area contributed by atoms with Gasteiger partial charge in [0.05, 0.1) is 30.1 Å². The number of carbonyl (C=O) groups excluding carboxylic acids is 3. The maximum atomic E-state index is 14.4. The lowest BCUT2D eigenvalue weighted by Gasteiger charge is -2.25. The highest BCUT2D eigenvalue weighted by Crippen LogP contribution is 2.42. The maximum absolute atomic E-state index is 14.4. The molecule has 0 spiro atoms. The Morgan fingerprint density at radius 1 is 0.919 bits per heavy atom. The zero-order valence-corrected chi connectivity index (χ0v) is 38.6. The number of H-pyrrole nitrogens is 3. The molecule has 10 heteroatoms. The van der Waals surface area contributed by atoms with Crippen molar-refractivity contribution in [3.63, 3.8) is 0 Å². The van der Waals surface area contributed by atoms with E-state index in [2.05, 4.69) is 67.5 Å². The number of fused-ring (bicyclic) bond motifs is 8. The minimum atomic E-state index is -1.14. The minimum Gasteiger partial charge on any atom is -0.515 e. The lowest BCUT2D eigenvalue weighted by Crippen LogP contribution is -2.38. The van der Waals surface area contributed by atoms with Crippen LogP contribution in [0.4, 0.5) is 0 Å². The summed E-state index contributed by atoms with van der Waals surface area (Å²) in [5, 5.41) is 17.0. The molecule has 3 aromatic heterocycles. The number of methoxy groups -OCH3 is 1. The molecule has 3 aromatic rings. The van der Waals surface area contributed by atoms with Crippen molar-refractivity contribution in [2.75, 3.05) is 13.7 Å². The van der Waals surface area contributed by atoms with Crippen LogP contribution in [0.2, 0.25) is 0 Å². The smallest absolute Gasteiger partial charge is 0.320 e. The first-order chi connectivity index (χ1) is 29.8. The average Bonchev–Trinajstić information content (AvgIpc) is 4.00. The van der Waals surface area contributed by atoms with Crippen molar-refractivity contribution in [2.45, 2.75) is 132 Å². The lowest BCUT2D eigenvalue weighted by molar-refractivity contribution is -0.143. The Labute approximate surface area is 367 Å². The Hall–Kier alpha value is -5.25. The van der Waals surface area contributed by atoms with Crippen molar-refractivity contribution < 1.29 is 29.0 Å². The third kappa shape index (κ3) is 9.54. The average molecular weight is 847 g/mol. The van der Waals surface area contributed by atoms with E-state index in [9.17, 15) is 19.5 Å². The molecule has 1 fully saturated rings. The number of carbonyl (C=O) groups is 3. The van der Waals surface area contributed by atoms with Gasteiger partial charge in [-0.15, -0.1) is 0 Å². The number of nitrogens with one attached hydrogen (secondary N) is 4. The van der Waals surface area contributed by atoms with Crippen LogP contribution in [-0.4, -0.2) is 57.5 Å². The Bertz CT molecular complexity index is 2490. The monoisotopic (exact) mass is 847 g/mol. The standard InChI is InChI=1S/C52H70N4O6/c1-11-16-29(4)17-14-18-30(5)19-15-20-31(6)23-24-62-45(58)22-21-37-33(8)40-25-39-32(7)35(12-2)42(53-39)27-44-38(28-57)36(13-3)43(54-44)26-41-34(9)46-50(56-41)47(49(37)55-40)48(51(46)59)52(60)61-10/h12,23,25-30,33,37,48-49,53-57H,2,11,13-22,24H2,1,3-10H3/b31-23+,38-28-,40-25-,41-26-,44-27-/t29-,30-,33+,37+,48-,49?/m1/s1. The molecule has 3 aliphatic rings. The number of hydrogen-bond donors (Lipinski definition) is 5. The molecule has 0 amide bonds. The SMILES string of the molecule is C=Cc1c2[nH]c(c1C)/C=C1\NC(C3=c4[nH]/c(c(C)c4C(=O)[C@@H]3C(=O)OC)=C\c3[nH]c(/c(=C\O)c3CC)=C\2)[C@@H](CCC(=O)OC/C=C(\C)CCC[C@H](C)CCC[C@H](C)CCC)[C@@H]1C. The fourth-order valence-electron chi connectivity index (χ4n) is 10.3. The number of hydrogen-bond acceptors (Lipinski definition) is 7. The summed E-state index contributed by atoms with van der Waals surface area (Å²) in [5.74, 6) is -1.06. The summed E-state index contributed by atoms with van der Waals surface area (Å²) in [6.45, 7) is 21.6. The number of aromatic amines is 3. The highest BCUT2D eigenvalue weighted by molar-refractivity contribution is 6.19. The summed E-state index contributed by atoms with van der Waals surface area (Å²) in [5.41, 5.74) is 9.31. The van der Waals surface area contributed by atoms with E-state index >= 15 is 0 Å². The molecular formula is C52H70N4O6. The van der Waals surface area contributed by atoms with Crippen LogP contribution in [-0.2, 0) is 25.5 Å². The highest BCUT2D eigenvalue weighted by Gasteiger charge is 2.49. The molecule has 6 rings (SSSR count). The van der Waals surface area contributed by atoms with Gasteiger partial charge in [-0.2, -0.15) is 0 Å². The molecule has 10 nitrogen and oxygen atoms in total. The number of allylic oxidation sites excluding steroid dienone is 2. The van der Waals surface area contributed by atoms with Crippen LogP contribution < -0.4 is 26.6 Å². The van der Waals surface area contributed by atoms with Gasteiger partial charge in [-0.3, -0.25) is 14.4 Å². The normalized spacial score (nSPS) is 22.6. The van der Waals surface area contributed by atoms with Crippen molar-refractivity contribution in [2.24, 2.45) is 29.6 Å². The second-order valence-corrected chi connectivity index (χ2v) is 18.3. The second-order valence-electron chi connectivity index (χ2n) is 18.3. The highest BCUT2D eigenvalue weighted by atomic mass is 16.5. The summed E-state index contributed by atoms with van der Waals surface area (Å²) >= 11 is 0. The van der Waals surface area contributed by atoms with Crippen LogP contribution in [0.1, 0.15) is 155 Å². The third-order valence-corrected chi connectivity index (χ3v) is 14.0. The van der Waals surface area contributed by atoms with Gasteiger partial charge in [0.1, 0.15) is 12.5 Å². The molecule has 8 bridgehead atoms. The van der Waals surface area contributed by atoms with Gasteiger partial charge in [-0.1, -0.05) is 91.4 Å². The largest absolute Gasteiger partial charge is 0.515 e. The van der Waals surface area contributed by atoms with Crippen LogP contribution in [0.3, 0.4) is 0 Å². The summed E-state index contributed by atoms with van der Waals surface area (Å²) in [7, 11) is 1.31. The van der Waals surface area contributed by atoms with Crippen molar-refractivity contribution in [3.8, 4) is 0 Å². The first-order valence-corrected chi connectivity index (χ1v) is 23.0. The molecule has 1 aliphatic carbocycles. The molecule has 62 heavy (non-hydrogen) atoms. The summed E-state index contributed by atoms with van der Waals surface area (Å²) in [4.78, 5) is 52.1. The summed E-state index contributed by atoms with van der Waals surface area (Å²) < 4.78 is 11.1. The van der Waals surface area contributed by atoms with Gasteiger partial charge in [0.15, 0.2) is 5.78 Å². The van der Waals surface area contributed by atoms with Crippen molar-refractivity contribution >= 4 is 53.9 Å². The molecule has 5 N–H and O–H groups in total. The Balaban J connectivity index is 1.29. The lowest BCUT2D eigenvalue weighted by atomic mass is 9.80. The molecule has 334 valence electrons. The van der Waals surface area contributed by atoms with Crippen LogP contribution >= 0.6 is 0 Å². The summed E-state index contributed by atoms with van der Waals surface area (Å²) in [6.07, 6.45) is 22.2. The number of aromatic nitrogens is 3. The molecule has 0 saturated carbocycles. The molecule has 5 heterocycles. The zero-order valence-electron chi connectivity index (χ0n) is 38.6. The topological polar surface area (TPSA) is 149 Å². The van der Waals surface area contributed by atoms with E-state index in [-0.39, 0.29) is 36.6 Å². The van der Waals surface area contributed by atoms with Crippen molar-refractivity contribution in [1.82, 2.24) is 20.3 Å². The first-order valence-electron chi connectivity index (χ1n) is 23.0. The number of ether oxygens (including phenoxy) is 2. The van der Waals surface area contributed by atoms with Gasteiger partial charge < -0.3 is 34.8 Å². The molecule has 0 aromatic carbocycles. The predicted octanol–water partition coefficient (Wildman–Crippen LogP) is 7.84. The Kier molecular flexibility index (Phi) is 15.1. The van der Waals surface area contributed by atoms with E-state index in [1.807, 2.05) is 45.1 Å². The number of ketones is 1. The van der Waals surface area contributed by atoms with Crippen LogP contribution in [0.25, 0.3) is 36.1 Å². The van der Waals surface area contributed by atoms with Gasteiger partial charge in [0.25, 0.3) is 0 Å². The van der Waals surface area contributed by atoms with Gasteiger partial charge in [-0.25, -0.2) is 0 Å². The van der Waals surface area contributed by atoms with E-state index < -0.39 is 17.9 Å². The minimum absolute atomic E-state index is 0.0876. The summed E-state index contributed by atoms with van der Waals surface area (Å²) in [6, 6.07) is -0.472. The van der Waals surface area contributed by atoms with Gasteiger partial charge in [0, 0.05) is 56.8 Å². The first kappa shape index (κ1) is 46.3. The predicted molar refractivity (Wildman–Crippen MR) is 250 cm³/mol. The molecule has 1 saturated heterocycles. The molecule has 2 aliphatic heterocycles. The number of rotatable bonds is 18. The van der Waals surface area contributed by atoms with Gasteiger partial charge in [0.2, 0.25) is 0 Å². The second kappa shape index (κ2) is 20.3. The van der Waals surface area contributed by atoms with Crippen LogP contribution in [0.15, 0.2) is 23.9 Å². The van der Waals surface area contributed by atoms with E-state index in [1.54, 1.807) is 0 Å². The van der Waals surface area contributed by atoms with Crippen molar-refractivity contribution in [1.29, 1.82) is 0 Å². The molecular weight excluding hydrogens is 777 g/mol. The number of esters is 2. The number of aliphatic hydroxyl groups is 1. The third-order valence-electron chi connectivity index (χ3n) is 14.0. The van der Waals surface area contributed by atoms with Crippen LogP contribution in [0.5, 0.6) is 0 Å². The van der Waals surface area contributed by atoms with E-state index in [4.69, 9.17) is 9.47 Å². The fraction of sp³-hybridized carbons (Fsp3) is 0.519. The maximum Gasteiger partial charge on any atom is 0.320 e. The van der Waals surface area contributed by atoms with E-state index in [1.165, 1.54) is 51.2 Å². The number of aliphatic hydroxyl groups excluding tert-OH is 1. The number of Topliss-reactive ketones (excluding diaryl/α,β-unsaturated/α-hetero) is 1. The molecule has 1 unspecified atom stereocenters. The molecule has 0 radical (unpaired) electrons. The van der Waals surface area contributed by atoms with Gasteiger partial charge in [-0.05, 0) is 111 Å². The zero-order chi connectivity index (χ0) is 44.8. The Morgan fingerprint density at radius 3 is 2.31 bits per heavy atom. The van der Waals surface area contributed by atoms with Crippen LogP contribution in [0, 0.1) is 43.4 Å². The quantitative estimate of drug-likeness (QED) is 0.0498. The molecule has 6 atom stereocenters. The fourth-order valence-corrected chi connectivity index (χ4v) is 10.3.